The predicted octanol–water partition coefficient (Wildman–Crippen LogP) is 3.25. The van der Waals surface area contributed by atoms with Crippen LogP contribution in [0.25, 0.3) is 0 Å². The van der Waals surface area contributed by atoms with Crippen LogP contribution in [0.15, 0.2) is 53.3 Å². The molecular formula is C19H17FN4O3S. The summed E-state index contributed by atoms with van der Waals surface area (Å²) in [5.74, 6) is 0.0512. The van der Waals surface area contributed by atoms with E-state index in [2.05, 4.69) is 10.3 Å². The molecule has 0 saturated carbocycles. The van der Waals surface area contributed by atoms with Crippen molar-refractivity contribution in [2.24, 2.45) is 0 Å². The first kappa shape index (κ1) is 18.2. The molecule has 0 aliphatic carbocycles. The molecule has 1 N–H and O–H groups in total. The molecule has 9 heteroatoms. The number of thiazole rings is 1. The zero-order valence-corrected chi connectivity index (χ0v) is 15.6. The van der Waals surface area contributed by atoms with Crippen LogP contribution in [0.2, 0.25) is 0 Å². The summed E-state index contributed by atoms with van der Waals surface area (Å²) >= 11 is 1.15. The van der Waals surface area contributed by atoms with Crippen molar-refractivity contribution in [2.45, 2.75) is 13.1 Å². The molecule has 4 rings (SSSR count). The summed E-state index contributed by atoms with van der Waals surface area (Å²) in [6, 6.07) is 9.51. The Hall–Kier alpha value is -3.20. The topological polar surface area (TPSA) is 78.7 Å². The molecule has 0 bridgehead atoms. The molecule has 1 aromatic carbocycles. The van der Waals surface area contributed by atoms with Gasteiger partial charge in [-0.15, -0.1) is 0 Å². The van der Waals surface area contributed by atoms with Gasteiger partial charge in [0.05, 0.1) is 19.0 Å². The average molecular weight is 400 g/mol. The van der Waals surface area contributed by atoms with Crippen molar-refractivity contribution in [3.05, 3.63) is 70.9 Å². The molecule has 0 atom stereocenters. The summed E-state index contributed by atoms with van der Waals surface area (Å²) < 4.78 is 18.5. The smallest absolute Gasteiger partial charge is 0.326 e. The third-order valence-electron chi connectivity index (χ3n) is 4.31. The van der Waals surface area contributed by atoms with E-state index in [1.54, 1.807) is 35.4 Å². The van der Waals surface area contributed by atoms with Crippen molar-refractivity contribution in [3.63, 3.8) is 0 Å². The Kier molecular flexibility index (Phi) is 5.07. The minimum Gasteiger partial charge on any atom is -0.467 e. The van der Waals surface area contributed by atoms with Crippen LogP contribution >= 0.6 is 11.3 Å². The van der Waals surface area contributed by atoms with Crippen LogP contribution < -0.4 is 10.2 Å². The molecule has 0 spiro atoms. The number of anilines is 1. The highest BCUT2D eigenvalue weighted by Crippen LogP contribution is 2.27. The lowest BCUT2D eigenvalue weighted by Gasteiger charge is -2.16. The van der Waals surface area contributed by atoms with E-state index in [1.165, 1.54) is 23.2 Å². The predicted molar refractivity (Wildman–Crippen MR) is 102 cm³/mol. The molecule has 144 valence electrons. The molecule has 28 heavy (non-hydrogen) atoms. The van der Waals surface area contributed by atoms with Gasteiger partial charge in [0, 0.05) is 19.6 Å². The number of nitrogens with zero attached hydrogens (tertiary/aromatic N) is 3. The second-order valence-corrected chi connectivity index (χ2v) is 7.26. The van der Waals surface area contributed by atoms with Crippen LogP contribution in [0, 0.1) is 5.82 Å². The van der Waals surface area contributed by atoms with Gasteiger partial charge in [0.1, 0.15) is 16.5 Å². The number of amides is 3. The van der Waals surface area contributed by atoms with Gasteiger partial charge in [-0.05, 0) is 29.8 Å². The summed E-state index contributed by atoms with van der Waals surface area (Å²) in [5, 5.41) is 3.22. The molecule has 3 amide bonds. The third-order valence-corrected chi connectivity index (χ3v) is 5.33. The van der Waals surface area contributed by atoms with Gasteiger partial charge in [0.25, 0.3) is 5.91 Å². The normalized spacial score (nSPS) is 14.0. The highest BCUT2D eigenvalue weighted by molar-refractivity contribution is 7.17. The number of benzene rings is 1. The van der Waals surface area contributed by atoms with Gasteiger partial charge in [-0.1, -0.05) is 23.5 Å². The molecule has 1 aliphatic rings. The molecule has 2 aromatic heterocycles. The standard InChI is InChI=1S/C19H17FN4O3S/c20-14-4-1-3-13(9-14)12-23-6-7-24(19(23)26)18-22-11-16(28-18)17(25)21-10-15-5-2-8-27-15/h1-5,8-9,11H,6-7,10,12H2,(H,21,25). The Labute approximate surface area is 164 Å². The fraction of sp³-hybridized carbons (Fsp3) is 0.211. The van der Waals surface area contributed by atoms with E-state index in [0.29, 0.717) is 35.4 Å². The van der Waals surface area contributed by atoms with Crippen LogP contribution in [0.1, 0.15) is 21.0 Å². The van der Waals surface area contributed by atoms with Crippen molar-refractivity contribution >= 4 is 28.4 Å². The van der Waals surface area contributed by atoms with Crippen LogP contribution in [0.3, 0.4) is 0 Å². The zero-order valence-electron chi connectivity index (χ0n) is 14.8. The molecule has 3 heterocycles. The Morgan fingerprint density at radius 1 is 1.29 bits per heavy atom. The van der Waals surface area contributed by atoms with Crippen LogP contribution in [-0.2, 0) is 13.1 Å². The maximum atomic E-state index is 13.3. The van der Waals surface area contributed by atoms with Gasteiger partial charge >= 0.3 is 6.03 Å². The number of nitrogens with one attached hydrogen (secondary N) is 1. The lowest BCUT2D eigenvalue weighted by Crippen LogP contribution is -2.31. The van der Waals surface area contributed by atoms with E-state index >= 15 is 0 Å². The van der Waals surface area contributed by atoms with E-state index in [-0.39, 0.29) is 24.3 Å². The molecule has 7 nitrogen and oxygen atoms in total. The van der Waals surface area contributed by atoms with Gasteiger partial charge in [0.15, 0.2) is 5.13 Å². The lowest BCUT2D eigenvalue weighted by atomic mass is 10.2. The highest BCUT2D eigenvalue weighted by Gasteiger charge is 2.31. The Morgan fingerprint density at radius 3 is 2.96 bits per heavy atom. The molecule has 0 radical (unpaired) electrons. The van der Waals surface area contributed by atoms with Gasteiger partial charge in [0.2, 0.25) is 0 Å². The first-order chi connectivity index (χ1) is 13.6. The van der Waals surface area contributed by atoms with Crippen molar-refractivity contribution in [2.75, 3.05) is 18.0 Å². The minimum absolute atomic E-state index is 0.207. The zero-order chi connectivity index (χ0) is 19.5. The molecule has 1 aliphatic heterocycles. The number of hydrogen-bond donors (Lipinski definition) is 1. The summed E-state index contributed by atoms with van der Waals surface area (Å²) in [6.07, 6.45) is 3.00. The Bertz CT molecular complexity index is 989. The second-order valence-electron chi connectivity index (χ2n) is 6.25. The fourth-order valence-corrected chi connectivity index (χ4v) is 3.78. The van der Waals surface area contributed by atoms with Gasteiger partial charge in [-0.2, -0.15) is 0 Å². The maximum Gasteiger partial charge on any atom is 0.326 e. The maximum absolute atomic E-state index is 13.3. The fourth-order valence-electron chi connectivity index (χ4n) is 2.92. The van der Waals surface area contributed by atoms with Crippen LogP contribution in [0.5, 0.6) is 0 Å². The number of carbonyl (C=O) groups is 2. The van der Waals surface area contributed by atoms with E-state index in [0.717, 1.165) is 16.9 Å². The molecule has 1 fully saturated rings. The van der Waals surface area contributed by atoms with Crippen molar-refractivity contribution in [1.82, 2.24) is 15.2 Å². The summed E-state index contributed by atoms with van der Waals surface area (Å²) in [4.78, 5) is 32.7. The quantitative estimate of drug-likeness (QED) is 0.689. The number of aromatic nitrogens is 1. The van der Waals surface area contributed by atoms with Gasteiger partial charge < -0.3 is 14.6 Å². The minimum atomic E-state index is -0.328. The summed E-state index contributed by atoms with van der Waals surface area (Å²) in [5.41, 5.74) is 0.729. The van der Waals surface area contributed by atoms with Crippen LogP contribution in [-0.4, -0.2) is 34.9 Å². The number of halogens is 1. The Morgan fingerprint density at radius 2 is 2.18 bits per heavy atom. The molecule has 1 saturated heterocycles. The SMILES string of the molecule is O=C(NCc1ccco1)c1cnc(N2CCN(Cc3cccc(F)c3)C2=O)s1. The first-order valence-corrected chi connectivity index (χ1v) is 9.49. The molecule has 3 aromatic rings. The number of furan rings is 1. The van der Waals surface area contributed by atoms with Crippen molar-refractivity contribution in [1.29, 1.82) is 0 Å². The summed E-state index contributed by atoms with van der Waals surface area (Å²) in [7, 11) is 0. The molecular weight excluding hydrogens is 383 g/mol. The van der Waals surface area contributed by atoms with Gasteiger partial charge in [-0.25, -0.2) is 14.2 Å². The van der Waals surface area contributed by atoms with Gasteiger partial charge in [-0.3, -0.25) is 9.69 Å². The lowest BCUT2D eigenvalue weighted by molar-refractivity contribution is 0.0952. The average Bonchev–Trinajstić information content (AvgIpc) is 3.42. The van der Waals surface area contributed by atoms with Crippen molar-refractivity contribution < 1.29 is 18.4 Å². The Balaban J connectivity index is 1.38. The largest absolute Gasteiger partial charge is 0.467 e. The van der Waals surface area contributed by atoms with E-state index in [4.69, 9.17) is 4.42 Å². The van der Waals surface area contributed by atoms with E-state index in [1.807, 2.05) is 0 Å². The third kappa shape index (κ3) is 3.89. The molecule has 0 unspecified atom stereocenters. The second kappa shape index (κ2) is 7.81. The number of urea groups is 1. The number of carbonyl (C=O) groups excluding carboxylic acids is 2. The van der Waals surface area contributed by atoms with Crippen molar-refractivity contribution in [3.8, 4) is 0 Å². The van der Waals surface area contributed by atoms with Crippen LogP contribution in [0.4, 0.5) is 14.3 Å². The van der Waals surface area contributed by atoms with E-state index in [9.17, 15) is 14.0 Å². The number of hydrogen-bond acceptors (Lipinski definition) is 5. The first-order valence-electron chi connectivity index (χ1n) is 8.67. The monoisotopic (exact) mass is 400 g/mol. The summed E-state index contributed by atoms with van der Waals surface area (Å²) in [6.45, 7) is 1.59. The highest BCUT2D eigenvalue weighted by atomic mass is 32.1. The number of rotatable bonds is 6. The van der Waals surface area contributed by atoms with E-state index < -0.39 is 0 Å².